The van der Waals surface area contributed by atoms with Crippen molar-refractivity contribution >= 4 is 17.4 Å². The number of nitrogens with zero attached hydrogens (tertiary/aromatic N) is 1. The lowest BCUT2D eigenvalue weighted by molar-refractivity contribution is 0.299. The van der Waals surface area contributed by atoms with Gasteiger partial charge in [0, 0.05) is 0 Å². The van der Waals surface area contributed by atoms with Crippen molar-refractivity contribution in [1.29, 1.82) is 0 Å². The van der Waals surface area contributed by atoms with Gasteiger partial charge in [0.15, 0.2) is 0 Å². The van der Waals surface area contributed by atoms with Gasteiger partial charge in [-0.25, -0.2) is 4.98 Å². The lowest BCUT2D eigenvalue weighted by Crippen LogP contribution is -2.02. The van der Waals surface area contributed by atoms with E-state index in [0.29, 0.717) is 23.1 Å². The first-order chi connectivity index (χ1) is 8.56. The number of benzene rings is 1. The maximum atomic E-state index is 6.03. The Bertz CT molecular complexity index is 570. The quantitative estimate of drug-likeness (QED) is 0.921. The van der Waals surface area contributed by atoms with Gasteiger partial charge in [-0.15, -0.1) is 0 Å². The fourth-order valence-corrected chi connectivity index (χ4v) is 1.87. The van der Waals surface area contributed by atoms with Crippen LogP contribution in [0.15, 0.2) is 30.3 Å². The molecule has 0 atom stereocenters. The molecule has 1 aromatic carbocycles. The smallest absolute Gasteiger partial charge is 0.132 e. The van der Waals surface area contributed by atoms with Crippen molar-refractivity contribution in [2.24, 2.45) is 0 Å². The van der Waals surface area contributed by atoms with Gasteiger partial charge >= 0.3 is 0 Å². The van der Waals surface area contributed by atoms with Crippen molar-refractivity contribution in [3.63, 3.8) is 0 Å². The van der Waals surface area contributed by atoms with Crippen LogP contribution in [0.25, 0.3) is 0 Å². The van der Waals surface area contributed by atoms with Crippen molar-refractivity contribution in [3.05, 3.63) is 52.2 Å². The molecule has 3 nitrogen and oxygen atoms in total. The molecule has 94 valence electrons. The van der Waals surface area contributed by atoms with Gasteiger partial charge in [0.2, 0.25) is 0 Å². The van der Waals surface area contributed by atoms with E-state index in [1.54, 1.807) is 12.1 Å². The molecule has 0 fully saturated rings. The minimum Gasteiger partial charge on any atom is -0.487 e. The number of anilines is 1. The first-order valence-electron chi connectivity index (χ1n) is 5.67. The largest absolute Gasteiger partial charge is 0.487 e. The number of aromatic nitrogens is 1. The average Bonchev–Trinajstić information content (AvgIpc) is 2.32. The van der Waals surface area contributed by atoms with Crippen LogP contribution in [0.5, 0.6) is 5.75 Å². The number of rotatable bonds is 3. The molecule has 2 rings (SSSR count). The molecule has 0 amide bonds. The Morgan fingerprint density at radius 1 is 1.22 bits per heavy atom. The third-order valence-corrected chi connectivity index (χ3v) is 2.98. The Kier molecular flexibility index (Phi) is 3.72. The molecule has 0 radical (unpaired) electrons. The number of nitrogen functional groups attached to an aromatic ring is 1. The molecule has 2 N–H and O–H groups in total. The average molecular weight is 263 g/mol. The highest BCUT2D eigenvalue weighted by Gasteiger charge is 2.05. The van der Waals surface area contributed by atoms with Crippen LogP contribution in [0.1, 0.15) is 16.8 Å². The van der Waals surface area contributed by atoms with Crippen molar-refractivity contribution in [3.8, 4) is 5.75 Å². The van der Waals surface area contributed by atoms with Gasteiger partial charge in [0.25, 0.3) is 0 Å². The molecular weight excluding hydrogens is 248 g/mol. The molecule has 1 aromatic heterocycles. The number of ether oxygens (including phenoxy) is 1. The molecule has 0 unspecified atom stereocenters. The number of pyridine rings is 1. The molecule has 4 heteroatoms. The van der Waals surface area contributed by atoms with Crippen LogP contribution in [-0.2, 0) is 6.61 Å². The predicted molar refractivity (Wildman–Crippen MR) is 73.9 cm³/mol. The van der Waals surface area contributed by atoms with Gasteiger partial charge in [-0.1, -0.05) is 29.3 Å². The van der Waals surface area contributed by atoms with Crippen LogP contribution in [0.2, 0.25) is 5.02 Å². The van der Waals surface area contributed by atoms with E-state index < -0.39 is 0 Å². The molecule has 18 heavy (non-hydrogen) atoms. The number of aryl methyl sites for hydroxylation is 2. The summed E-state index contributed by atoms with van der Waals surface area (Å²) in [5.41, 5.74) is 8.57. The molecule has 0 aliphatic carbocycles. The van der Waals surface area contributed by atoms with Gasteiger partial charge in [0.1, 0.15) is 18.2 Å². The highest BCUT2D eigenvalue weighted by Crippen LogP contribution is 2.22. The zero-order chi connectivity index (χ0) is 13.1. The topological polar surface area (TPSA) is 48.1 Å². The zero-order valence-corrected chi connectivity index (χ0v) is 11.2. The summed E-state index contributed by atoms with van der Waals surface area (Å²) in [4.78, 5) is 4.16. The molecular formula is C14H15ClN2O. The maximum Gasteiger partial charge on any atom is 0.132 e. The molecule has 0 saturated heterocycles. The van der Waals surface area contributed by atoms with Crippen molar-refractivity contribution in [2.75, 3.05) is 5.73 Å². The first kappa shape index (κ1) is 12.7. The van der Waals surface area contributed by atoms with Crippen molar-refractivity contribution in [1.82, 2.24) is 4.98 Å². The molecule has 2 aromatic rings. The van der Waals surface area contributed by atoms with E-state index >= 15 is 0 Å². The summed E-state index contributed by atoms with van der Waals surface area (Å²) in [6, 6.07) is 9.43. The zero-order valence-electron chi connectivity index (χ0n) is 10.4. The minimum atomic E-state index is 0.313. The molecule has 0 saturated carbocycles. The van der Waals surface area contributed by atoms with E-state index in [1.807, 2.05) is 26.0 Å². The number of hydrogen-bond acceptors (Lipinski definition) is 3. The second-order valence-corrected chi connectivity index (χ2v) is 4.63. The standard InChI is InChI=1S/C14H15ClN2O/c1-9-3-5-13(10(2)7-9)18-8-12-11(15)4-6-14(16)17-12/h3-7H,8H2,1-2H3,(H2,16,17). The summed E-state index contributed by atoms with van der Waals surface area (Å²) in [7, 11) is 0. The Morgan fingerprint density at radius 3 is 2.72 bits per heavy atom. The Balaban J connectivity index is 2.13. The van der Waals surface area contributed by atoms with E-state index in [1.165, 1.54) is 5.56 Å². The van der Waals surface area contributed by atoms with Crippen LogP contribution >= 0.6 is 11.6 Å². The van der Waals surface area contributed by atoms with Crippen LogP contribution < -0.4 is 10.5 Å². The van der Waals surface area contributed by atoms with Gasteiger partial charge in [-0.2, -0.15) is 0 Å². The fraction of sp³-hybridized carbons (Fsp3) is 0.214. The minimum absolute atomic E-state index is 0.313. The third-order valence-electron chi connectivity index (χ3n) is 2.63. The monoisotopic (exact) mass is 262 g/mol. The van der Waals surface area contributed by atoms with Gasteiger partial charge in [-0.3, -0.25) is 0 Å². The summed E-state index contributed by atoms with van der Waals surface area (Å²) < 4.78 is 5.71. The maximum absolute atomic E-state index is 6.03. The van der Waals surface area contributed by atoms with E-state index in [0.717, 1.165) is 11.3 Å². The Morgan fingerprint density at radius 2 is 2.00 bits per heavy atom. The SMILES string of the molecule is Cc1ccc(OCc2nc(N)ccc2Cl)c(C)c1. The van der Waals surface area contributed by atoms with Crippen LogP contribution in [0.4, 0.5) is 5.82 Å². The second-order valence-electron chi connectivity index (χ2n) is 4.22. The summed E-state index contributed by atoms with van der Waals surface area (Å²) in [5.74, 6) is 1.28. The van der Waals surface area contributed by atoms with E-state index in [-0.39, 0.29) is 0 Å². The molecule has 0 aliphatic heterocycles. The first-order valence-corrected chi connectivity index (χ1v) is 6.05. The highest BCUT2D eigenvalue weighted by atomic mass is 35.5. The van der Waals surface area contributed by atoms with Gasteiger partial charge < -0.3 is 10.5 Å². The number of halogens is 1. The van der Waals surface area contributed by atoms with E-state index in [4.69, 9.17) is 22.1 Å². The lowest BCUT2D eigenvalue weighted by Gasteiger charge is -2.10. The van der Waals surface area contributed by atoms with E-state index in [9.17, 15) is 0 Å². The summed E-state index contributed by atoms with van der Waals surface area (Å²) >= 11 is 6.03. The molecule has 0 spiro atoms. The van der Waals surface area contributed by atoms with Gasteiger partial charge in [0.05, 0.1) is 10.7 Å². The summed E-state index contributed by atoms with van der Waals surface area (Å²) in [6.45, 7) is 4.37. The lowest BCUT2D eigenvalue weighted by atomic mass is 10.1. The fourth-order valence-electron chi connectivity index (χ4n) is 1.71. The number of nitrogens with two attached hydrogens (primary N) is 1. The number of hydrogen-bond donors (Lipinski definition) is 1. The third kappa shape index (κ3) is 2.93. The normalized spacial score (nSPS) is 10.4. The molecule has 1 heterocycles. The van der Waals surface area contributed by atoms with E-state index in [2.05, 4.69) is 11.1 Å². The molecule has 0 aliphatic rings. The second kappa shape index (κ2) is 5.27. The van der Waals surface area contributed by atoms with Gasteiger partial charge in [-0.05, 0) is 37.6 Å². The Hall–Kier alpha value is -1.74. The van der Waals surface area contributed by atoms with Crippen LogP contribution in [0.3, 0.4) is 0 Å². The molecule has 0 bridgehead atoms. The predicted octanol–water partition coefficient (Wildman–Crippen LogP) is 3.51. The Labute approximate surface area is 112 Å². The van der Waals surface area contributed by atoms with Crippen molar-refractivity contribution in [2.45, 2.75) is 20.5 Å². The van der Waals surface area contributed by atoms with Crippen LogP contribution in [0, 0.1) is 13.8 Å². The summed E-state index contributed by atoms with van der Waals surface area (Å²) in [6.07, 6.45) is 0. The highest BCUT2D eigenvalue weighted by molar-refractivity contribution is 6.31. The summed E-state index contributed by atoms with van der Waals surface area (Å²) in [5, 5.41) is 0.564. The van der Waals surface area contributed by atoms with Crippen molar-refractivity contribution < 1.29 is 4.74 Å². The van der Waals surface area contributed by atoms with Crippen LogP contribution in [-0.4, -0.2) is 4.98 Å².